The fourth-order valence-electron chi connectivity index (χ4n) is 5.54. The second kappa shape index (κ2) is 17.4. The van der Waals surface area contributed by atoms with Crippen LogP contribution in [-0.2, 0) is 20.8 Å². The molecule has 220 valence electrons. The summed E-state index contributed by atoms with van der Waals surface area (Å²) in [5.41, 5.74) is 2.35. The second-order valence-electron chi connectivity index (χ2n) is 10.7. The molecule has 1 unspecified atom stereocenters. The minimum Gasteiger partial charge on any atom is -0.340 e. The summed E-state index contributed by atoms with van der Waals surface area (Å²) in [5.74, 6) is 0.472. The maximum atomic E-state index is 13.2. The number of aromatic nitrogens is 1. The van der Waals surface area contributed by atoms with Gasteiger partial charge in [-0.25, -0.2) is 4.98 Å². The number of Topliss-reactive ketones (excluding diaryl/α,β-unsaturated/α-hetero) is 1. The number of thiophene rings is 1. The Morgan fingerprint density at radius 3 is 2.40 bits per heavy atom. The number of halogens is 1. The van der Waals surface area contributed by atoms with Crippen molar-refractivity contribution in [2.45, 2.75) is 104 Å². The Morgan fingerprint density at radius 2 is 1.82 bits per heavy atom. The highest BCUT2D eigenvalue weighted by Gasteiger charge is 2.29. The van der Waals surface area contributed by atoms with Gasteiger partial charge in [-0.3, -0.25) is 9.59 Å². The van der Waals surface area contributed by atoms with Crippen LogP contribution in [0, 0.1) is 20.8 Å². The Morgan fingerprint density at radius 1 is 1.15 bits per heavy atom. The number of carbonyl (C=O) groups excluding carboxylic acids is 4. The van der Waals surface area contributed by atoms with Crippen molar-refractivity contribution in [3.05, 3.63) is 49.9 Å². The van der Waals surface area contributed by atoms with Crippen LogP contribution >= 0.6 is 22.9 Å². The normalized spacial score (nSPS) is 14.7. The molecule has 1 atom stereocenters. The molecule has 2 aromatic rings. The molecule has 0 N–H and O–H groups in total. The zero-order valence-corrected chi connectivity index (χ0v) is 26.2. The molecule has 9 heteroatoms. The van der Waals surface area contributed by atoms with E-state index in [1.54, 1.807) is 17.4 Å². The van der Waals surface area contributed by atoms with Gasteiger partial charge in [0, 0.05) is 59.9 Å². The lowest BCUT2D eigenvalue weighted by molar-refractivity contribution is -0.191. The van der Waals surface area contributed by atoms with E-state index in [9.17, 15) is 9.59 Å². The van der Waals surface area contributed by atoms with Crippen LogP contribution in [-0.4, -0.2) is 64.3 Å². The van der Waals surface area contributed by atoms with Crippen LogP contribution < -0.4 is 0 Å². The molecule has 0 spiro atoms. The predicted octanol–water partition coefficient (Wildman–Crippen LogP) is 6.61. The van der Waals surface area contributed by atoms with Crippen LogP contribution in [0.2, 0.25) is 5.15 Å². The highest BCUT2D eigenvalue weighted by molar-refractivity contribution is 7.11. The summed E-state index contributed by atoms with van der Waals surface area (Å²) < 4.78 is 0. The zero-order chi connectivity index (χ0) is 29.7. The molecule has 1 fully saturated rings. The van der Waals surface area contributed by atoms with E-state index in [0.717, 1.165) is 81.4 Å². The number of carbonyl (C=O) groups is 2. The summed E-state index contributed by atoms with van der Waals surface area (Å²) >= 11 is 7.82. The number of nitrogens with zero attached hydrogens (tertiary/aromatic N) is 3. The second-order valence-corrected chi connectivity index (χ2v) is 12.4. The van der Waals surface area contributed by atoms with E-state index < -0.39 is 0 Å². The number of aryl methyl sites for hydroxylation is 4. The number of rotatable bonds is 13. The molecule has 1 aliphatic rings. The number of amides is 1. The average Bonchev–Trinajstić information content (AvgIpc) is 3.32. The standard InChI is InChI=1S/C30H44ClN3O2S.CO2/c1-6-7-17-34(29(36)14-13-26-12-11-23(4)37-26)25-15-18-33(19-16-25)22(3)9-8-10-27(35)30-21(2)20-28(31)32-24(30)5;2-1-3/h11-12,20,22,25H,6-10,13-19H2,1-5H3;. The molecule has 0 aromatic carbocycles. The molecule has 7 nitrogen and oxygen atoms in total. The molecule has 0 saturated carbocycles. The van der Waals surface area contributed by atoms with Crippen molar-refractivity contribution in [1.82, 2.24) is 14.8 Å². The number of hydrogen-bond acceptors (Lipinski definition) is 7. The number of pyridine rings is 1. The van der Waals surface area contributed by atoms with Gasteiger partial charge in [0.2, 0.25) is 5.91 Å². The van der Waals surface area contributed by atoms with Crippen molar-refractivity contribution in [3.63, 3.8) is 0 Å². The first kappa shape index (κ1) is 33.8. The Bertz CT molecular complexity index is 1110. The smallest absolute Gasteiger partial charge is 0.340 e. The van der Waals surface area contributed by atoms with Gasteiger partial charge in [0.1, 0.15) is 5.15 Å². The van der Waals surface area contributed by atoms with E-state index in [-0.39, 0.29) is 11.9 Å². The van der Waals surface area contributed by atoms with Gasteiger partial charge >= 0.3 is 6.15 Å². The molecular weight excluding hydrogens is 546 g/mol. The summed E-state index contributed by atoms with van der Waals surface area (Å²) in [4.78, 5) is 53.9. The number of unbranched alkanes of at least 4 members (excludes halogenated alkanes) is 1. The molecule has 40 heavy (non-hydrogen) atoms. The Labute approximate surface area is 248 Å². The van der Waals surface area contributed by atoms with Crippen molar-refractivity contribution in [2.75, 3.05) is 19.6 Å². The molecular formula is C31H44ClN3O4S. The van der Waals surface area contributed by atoms with Gasteiger partial charge in [-0.2, -0.15) is 9.59 Å². The minimum absolute atomic E-state index is 0.160. The van der Waals surface area contributed by atoms with Gasteiger partial charge in [0.15, 0.2) is 5.78 Å². The summed E-state index contributed by atoms with van der Waals surface area (Å²) in [6.45, 7) is 13.3. The third-order valence-corrected chi connectivity index (χ3v) is 8.94. The number of ketones is 1. The van der Waals surface area contributed by atoms with E-state index >= 15 is 0 Å². The predicted molar refractivity (Wildman–Crippen MR) is 160 cm³/mol. The SMILES string of the molecule is CCCCN(C(=O)CCc1ccc(C)s1)C1CCN(C(C)CCCC(=O)c2c(C)cc(Cl)nc2C)CC1.O=C=O. The van der Waals surface area contributed by atoms with Gasteiger partial charge in [-0.15, -0.1) is 11.3 Å². The van der Waals surface area contributed by atoms with Crippen LogP contribution in [0.1, 0.15) is 96.6 Å². The Hall–Kier alpha value is -2.38. The quantitative estimate of drug-likeness (QED) is 0.193. The molecule has 0 aliphatic carbocycles. The highest BCUT2D eigenvalue weighted by Crippen LogP contribution is 2.24. The first-order valence-corrected chi connectivity index (χ1v) is 15.6. The lowest BCUT2D eigenvalue weighted by Crippen LogP contribution is -2.49. The van der Waals surface area contributed by atoms with E-state index in [4.69, 9.17) is 21.2 Å². The molecule has 3 rings (SSSR count). The monoisotopic (exact) mass is 589 g/mol. The van der Waals surface area contributed by atoms with Crippen molar-refractivity contribution in [1.29, 1.82) is 0 Å². The fraction of sp³-hybridized carbons (Fsp3) is 0.613. The maximum absolute atomic E-state index is 13.2. The summed E-state index contributed by atoms with van der Waals surface area (Å²) in [5, 5.41) is 0.441. The summed E-state index contributed by atoms with van der Waals surface area (Å²) in [6.07, 6.45) is 8.34. The number of piperidine rings is 1. The van der Waals surface area contributed by atoms with E-state index in [2.05, 4.69) is 47.7 Å². The topological polar surface area (TPSA) is 87.7 Å². The van der Waals surface area contributed by atoms with Crippen LogP contribution in [0.3, 0.4) is 0 Å². The number of hydrogen-bond donors (Lipinski definition) is 0. The third-order valence-electron chi connectivity index (χ3n) is 7.69. The van der Waals surface area contributed by atoms with Crippen LogP contribution in [0.4, 0.5) is 0 Å². The Kier molecular flexibility index (Phi) is 14.7. The van der Waals surface area contributed by atoms with Gasteiger partial charge in [-0.05, 0) is 90.0 Å². The fourth-order valence-corrected chi connectivity index (χ4v) is 6.72. The van der Waals surface area contributed by atoms with E-state index in [1.807, 2.05) is 13.8 Å². The van der Waals surface area contributed by atoms with Crippen molar-refractivity contribution < 1.29 is 19.2 Å². The number of likely N-dealkylation sites (tertiary alicyclic amines) is 1. The molecule has 0 bridgehead atoms. The zero-order valence-electron chi connectivity index (χ0n) is 24.6. The molecule has 1 amide bonds. The van der Waals surface area contributed by atoms with E-state index in [0.29, 0.717) is 36.0 Å². The average molecular weight is 590 g/mol. The lowest BCUT2D eigenvalue weighted by Gasteiger charge is -2.41. The highest BCUT2D eigenvalue weighted by atomic mass is 35.5. The summed E-state index contributed by atoms with van der Waals surface area (Å²) in [7, 11) is 0. The lowest BCUT2D eigenvalue weighted by atomic mass is 9.97. The van der Waals surface area contributed by atoms with Gasteiger partial charge < -0.3 is 9.80 Å². The molecule has 3 heterocycles. The maximum Gasteiger partial charge on any atom is 0.373 e. The summed E-state index contributed by atoms with van der Waals surface area (Å²) in [6, 6.07) is 6.85. The van der Waals surface area contributed by atoms with Crippen LogP contribution in [0.5, 0.6) is 0 Å². The largest absolute Gasteiger partial charge is 0.373 e. The van der Waals surface area contributed by atoms with Gasteiger partial charge in [-0.1, -0.05) is 24.9 Å². The Balaban J connectivity index is 0.00000178. The van der Waals surface area contributed by atoms with Crippen molar-refractivity contribution in [2.24, 2.45) is 0 Å². The van der Waals surface area contributed by atoms with Crippen LogP contribution in [0.25, 0.3) is 0 Å². The molecule has 1 saturated heterocycles. The van der Waals surface area contributed by atoms with Crippen molar-refractivity contribution in [3.8, 4) is 0 Å². The minimum atomic E-state index is 0.160. The van der Waals surface area contributed by atoms with Gasteiger partial charge in [0.25, 0.3) is 0 Å². The third kappa shape index (κ3) is 10.5. The molecule has 2 aromatic heterocycles. The van der Waals surface area contributed by atoms with Crippen LogP contribution in [0.15, 0.2) is 18.2 Å². The molecule has 0 radical (unpaired) electrons. The van der Waals surface area contributed by atoms with Gasteiger partial charge in [0.05, 0.1) is 5.69 Å². The molecule has 1 aliphatic heterocycles. The first-order valence-electron chi connectivity index (χ1n) is 14.4. The van der Waals surface area contributed by atoms with E-state index in [1.165, 1.54) is 9.75 Å². The van der Waals surface area contributed by atoms with Crippen molar-refractivity contribution >= 4 is 40.8 Å². The first-order chi connectivity index (χ1) is 19.1.